The van der Waals surface area contributed by atoms with Crippen LogP contribution in [0.2, 0.25) is 0 Å². The first-order valence-electron chi connectivity index (χ1n) is 6.54. The minimum Gasteiger partial charge on any atom is -0.352 e. The van der Waals surface area contributed by atoms with Crippen molar-refractivity contribution < 1.29 is 18.0 Å². The van der Waals surface area contributed by atoms with E-state index in [4.69, 9.17) is 0 Å². The quantitative estimate of drug-likeness (QED) is 0.772. The first-order valence-corrected chi connectivity index (χ1v) is 7.33. The van der Waals surface area contributed by atoms with Crippen molar-refractivity contribution in [3.05, 3.63) is 52.3 Å². The number of hydrogen-bond acceptors (Lipinski definition) is 4. The number of amides is 1. The SMILES string of the molecule is O=C(NCCNc1nccc(C(F)(F)F)n1)c1ccc(Br)cc1. The molecule has 1 aromatic heterocycles. The van der Waals surface area contributed by atoms with Crippen molar-refractivity contribution in [2.24, 2.45) is 0 Å². The van der Waals surface area contributed by atoms with Gasteiger partial charge in [0.25, 0.3) is 5.91 Å². The summed E-state index contributed by atoms with van der Waals surface area (Å²) in [6, 6.07) is 7.58. The van der Waals surface area contributed by atoms with Gasteiger partial charge < -0.3 is 10.6 Å². The molecular weight excluding hydrogens is 377 g/mol. The third-order valence-electron chi connectivity index (χ3n) is 2.75. The second kappa shape index (κ2) is 7.40. The summed E-state index contributed by atoms with van der Waals surface area (Å²) in [5.74, 6) is -0.415. The molecule has 2 rings (SSSR count). The van der Waals surface area contributed by atoms with Gasteiger partial charge in [0, 0.05) is 29.3 Å². The Morgan fingerprint density at radius 1 is 1.13 bits per heavy atom. The molecule has 0 radical (unpaired) electrons. The van der Waals surface area contributed by atoms with E-state index in [1.54, 1.807) is 24.3 Å². The molecule has 0 saturated carbocycles. The summed E-state index contributed by atoms with van der Waals surface area (Å²) in [6.45, 7) is 0.415. The highest BCUT2D eigenvalue weighted by atomic mass is 79.9. The third-order valence-corrected chi connectivity index (χ3v) is 3.27. The zero-order valence-electron chi connectivity index (χ0n) is 11.7. The maximum atomic E-state index is 12.5. The minimum atomic E-state index is -4.52. The fraction of sp³-hybridized carbons (Fsp3) is 0.214. The summed E-state index contributed by atoms with van der Waals surface area (Å²) >= 11 is 3.27. The number of alkyl halides is 3. The van der Waals surface area contributed by atoms with E-state index in [2.05, 4.69) is 36.5 Å². The lowest BCUT2D eigenvalue weighted by Gasteiger charge is -2.09. The number of carbonyl (C=O) groups excluding carboxylic acids is 1. The zero-order valence-corrected chi connectivity index (χ0v) is 13.3. The number of rotatable bonds is 5. The van der Waals surface area contributed by atoms with Crippen LogP contribution < -0.4 is 10.6 Å². The maximum Gasteiger partial charge on any atom is 0.433 e. The standard InChI is InChI=1S/C14H12BrF3N4O/c15-10-3-1-9(2-4-10)12(23)19-7-8-21-13-20-6-5-11(22-13)14(16,17)18/h1-6H,7-8H2,(H,19,23)(H,20,21,22). The minimum absolute atomic E-state index is 0.141. The molecule has 1 aromatic carbocycles. The van der Waals surface area contributed by atoms with Gasteiger partial charge >= 0.3 is 6.18 Å². The van der Waals surface area contributed by atoms with Gasteiger partial charge in [-0.05, 0) is 30.3 Å². The first-order chi connectivity index (χ1) is 10.9. The molecule has 2 aromatic rings. The summed E-state index contributed by atoms with van der Waals surface area (Å²) in [7, 11) is 0. The van der Waals surface area contributed by atoms with E-state index in [0.29, 0.717) is 5.56 Å². The van der Waals surface area contributed by atoms with Gasteiger partial charge in [-0.2, -0.15) is 13.2 Å². The summed E-state index contributed by atoms with van der Waals surface area (Å²) in [6.07, 6.45) is -3.49. The number of hydrogen-bond donors (Lipinski definition) is 2. The van der Waals surface area contributed by atoms with Crippen LogP contribution in [0.15, 0.2) is 41.0 Å². The predicted molar refractivity (Wildman–Crippen MR) is 82.0 cm³/mol. The van der Waals surface area contributed by atoms with Crippen molar-refractivity contribution >= 4 is 27.8 Å². The van der Waals surface area contributed by atoms with Crippen molar-refractivity contribution in [3.8, 4) is 0 Å². The van der Waals surface area contributed by atoms with Gasteiger partial charge in [-0.3, -0.25) is 4.79 Å². The van der Waals surface area contributed by atoms with Gasteiger partial charge in [0.05, 0.1) is 0 Å². The Bertz CT molecular complexity index is 676. The highest BCUT2D eigenvalue weighted by molar-refractivity contribution is 9.10. The van der Waals surface area contributed by atoms with Gasteiger partial charge in [0.15, 0.2) is 0 Å². The lowest BCUT2D eigenvalue weighted by Crippen LogP contribution is -2.29. The number of nitrogens with one attached hydrogen (secondary N) is 2. The van der Waals surface area contributed by atoms with Crippen LogP contribution >= 0.6 is 15.9 Å². The highest BCUT2D eigenvalue weighted by Crippen LogP contribution is 2.27. The fourth-order valence-corrected chi connectivity index (χ4v) is 1.92. The summed E-state index contributed by atoms with van der Waals surface area (Å²) in [5, 5.41) is 5.27. The molecule has 1 heterocycles. The molecule has 0 saturated heterocycles. The van der Waals surface area contributed by atoms with Crippen LogP contribution in [0.4, 0.5) is 19.1 Å². The van der Waals surface area contributed by atoms with E-state index in [1.165, 1.54) is 0 Å². The van der Waals surface area contributed by atoms with E-state index < -0.39 is 11.9 Å². The molecule has 2 N–H and O–H groups in total. The van der Waals surface area contributed by atoms with Crippen LogP contribution in [-0.4, -0.2) is 29.0 Å². The van der Waals surface area contributed by atoms with Crippen molar-refractivity contribution in [2.45, 2.75) is 6.18 Å². The van der Waals surface area contributed by atoms with Crippen LogP contribution in [0.5, 0.6) is 0 Å². The lowest BCUT2D eigenvalue weighted by atomic mass is 10.2. The second-order valence-corrected chi connectivity index (χ2v) is 5.37. The monoisotopic (exact) mass is 388 g/mol. The van der Waals surface area contributed by atoms with E-state index in [0.717, 1.165) is 16.7 Å². The molecular formula is C14H12BrF3N4O. The Morgan fingerprint density at radius 3 is 2.48 bits per heavy atom. The van der Waals surface area contributed by atoms with Gasteiger partial charge in [0.1, 0.15) is 5.69 Å². The normalized spacial score (nSPS) is 11.1. The average Bonchev–Trinajstić information content (AvgIpc) is 2.51. The Balaban J connectivity index is 1.81. The number of halogens is 4. The van der Waals surface area contributed by atoms with Gasteiger partial charge in [-0.1, -0.05) is 15.9 Å². The highest BCUT2D eigenvalue weighted by Gasteiger charge is 2.32. The van der Waals surface area contributed by atoms with Gasteiger partial charge in [-0.25, -0.2) is 9.97 Å². The Kier molecular flexibility index (Phi) is 5.54. The number of anilines is 1. The number of nitrogens with zero attached hydrogens (tertiary/aromatic N) is 2. The second-order valence-electron chi connectivity index (χ2n) is 4.45. The van der Waals surface area contributed by atoms with Crippen LogP contribution in [0.3, 0.4) is 0 Å². The van der Waals surface area contributed by atoms with E-state index in [9.17, 15) is 18.0 Å². The Hall–Kier alpha value is -2.16. The number of benzene rings is 1. The van der Waals surface area contributed by atoms with Crippen LogP contribution in [0.25, 0.3) is 0 Å². The van der Waals surface area contributed by atoms with Crippen molar-refractivity contribution in [2.75, 3.05) is 18.4 Å². The smallest absolute Gasteiger partial charge is 0.352 e. The first kappa shape index (κ1) is 17.2. The molecule has 0 unspecified atom stereocenters. The fourth-order valence-electron chi connectivity index (χ4n) is 1.66. The molecule has 1 amide bonds. The molecule has 0 spiro atoms. The summed E-state index contributed by atoms with van der Waals surface area (Å²) in [4.78, 5) is 18.9. The van der Waals surface area contributed by atoms with Crippen molar-refractivity contribution in [3.63, 3.8) is 0 Å². The Morgan fingerprint density at radius 2 is 1.83 bits per heavy atom. The third kappa shape index (κ3) is 5.20. The molecule has 0 fully saturated rings. The van der Waals surface area contributed by atoms with E-state index in [1.807, 2.05) is 0 Å². The number of carbonyl (C=O) groups is 1. The zero-order chi connectivity index (χ0) is 16.9. The largest absolute Gasteiger partial charge is 0.433 e. The van der Waals surface area contributed by atoms with Crippen molar-refractivity contribution in [1.29, 1.82) is 0 Å². The molecule has 0 aliphatic rings. The van der Waals surface area contributed by atoms with E-state index in [-0.39, 0.29) is 24.9 Å². The molecule has 0 atom stereocenters. The molecule has 23 heavy (non-hydrogen) atoms. The molecule has 0 aliphatic carbocycles. The molecule has 122 valence electrons. The number of aromatic nitrogens is 2. The molecule has 9 heteroatoms. The van der Waals surface area contributed by atoms with Crippen LogP contribution in [0.1, 0.15) is 16.1 Å². The maximum absolute atomic E-state index is 12.5. The molecule has 0 aliphatic heterocycles. The lowest BCUT2D eigenvalue weighted by molar-refractivity contribution is -0.141. The Labute approximate surface area is 138 Å². The van der Waals surface area contributed by atoms with Crippen LogP contribution in [0, 0.1) is 0 Å². The predicted octanol–water partition coefficient (Wildman–Crippen LogP) is 3.10. The van der Waals surface area contributed by atoms with Crippen LogP contribution in [-0.2, 0) is 6.18 Å². The summed E-state index contributed by atoms with van der Waals surface area (Å²) in [5.41, 5.74) is -0.530. The average molecular weight is 389 g/mol. The van der Waals surface area contributed by atoms with Gasteiger partial charge in [0.2, 0.25) is 5.95 Å². The molecule has 5 nitrogen and oxygen atoms in total. The molecule has 0 bridgehead atoms. The summed E-state index contributed by atoms with van der Waals surface area (Å²) < 4.78 is 38.4. The van der Waals surface area contributed by atoms with Crippen molar-refractivity contribution in [1.82, 2.24) is 15.3 Å². The topological polar surface area (TPSA) is 66.9 Å². The van der Waals surface area contributed by atoms with Gasteiger partial charge in [-0.15, -0.1) is 0 Å². The van der Waals surface area contributed by atoms with E-state index >= 15 is 0 Å².